The number of carbonyl (C=O) groups excluding carboxylic acids is 2. The van der Waals surface area contributed by atoms with Crippen LogP contribution in [0.4, 0.5) is 5.69 Å². The van der Waals surface area contributed by atoms with Gasteiger partial charge in [0.2, 0.25) is 0 Å². The Morgan fingerprint density at radius 3 is 2.37 bits per heavy atom. The van der Waals surface area contributed by atoms with Gasteiger partial charge in [-0.25, -0.2) is 0 Å². The third-order valence-electron chi connectivity index (χ3n) is 3.63. The Bertz CT molecular complexity index is 973. The summed E-state index contributed by atoms with van der Waals surface area (Å²) >= 11 is 5.96. The number of hydrogen-bond acceptors (Lipinski definition) is 3. The van der Waals surface area contributed by atoms with E-state index >= 15 is 0 Å². The molecule has 0 radical (unpaired) electrons. The van der Waals surface area contributed by atoms with E-state index in [1.54, 1.807) is 79.1 Å². The van der Waals surface area contributed by atoms with Crippen LogP contribution in [0.25, 0.3) is 6.08 Å². The normalized spacial score (nSPS) is 10.9. The molecule has 2 N–H and O–H groups in total. The lowest BCUT2D eigenvalue weighted by Gasteiger charge is -2.11. The van der Waals surface area contributed by atoms with Gasteiger partial charge in [0.1, 0.15) is 5.70 Å². The van der Waals surface area contributed by atoms with E-state index in [9.17, 15) is 9.59 Å². The molecule has 0 saturated carbocycles. The van der Waals surface area contributed by atoms with Gasteiger partial charge < -0.3 is 10.6 Å². The number of anilines is 1. The van der Waals surface area contributed by atoms with E-state index < -0.39 is 5.91 Å². The van der Waals surface area contributed by atoms with Gasteiger partial charge in [0.15, 0.2) is 0 Å². The molecule has 1 aromatic heterocycles. The molecule has 0 aliphatic rings. The molecule has 27 heavy (non-hydrogen) atoms. The molecule has 0 aliphatic heterocycles. The second-order valence-electron chi connectivity index (χ2n) is 5.62. The molecule has 0 bridgehead atoms. The lowest BCUT2D eigenvalue weighted by atomic mass is 10.2. The van der Waals surface area contributed by atoms with E-state index in [1.165, 1.54) is 0 Å². The molecule has 0 saturated heterocycles. The first-order valence-electron chi connectivity index (χ1n) is 8.17. The van der Waals surface area contributed by atoms with Crippen molar-refractivity contribution in [2.24, 2.45) is 0 Å². The minimum Gasteiger partial charge on any atom is -0.321 e. The molecule has 0 unspecified atom stereocenters. The van der Waals surface area contributed by atoms with Gasteiger partial charge in [-0.05, 0) is 54.1 Å². The van der Waals surface area contributed by atoms with E-state index in [4.69, 9.17) is 11.6 Å². The van der Waals surface area contributed by atoms with Gasteiger partial charge in [0.05, 0.1) is 0 Å². The zero-order chi connectivity index (χ0) is 19.1. The Balaban J connectivity index is 1.86. The smallest absolute Gasteiger partial charge is 0.272 e. The first-order valence-corrected chi connectivity index (χ1v) is 8.55. The highest BCUT2D eigenvalue weighted by atomic mass is 35.5. The molecular formula is C21H16ClN3O2. The Kier molecular flexibility index (Phi) is 5.97. The molecular weight excluding hydrogens is 362 g/mol. The van der Waals surface area contributed by atoms with E-state index in [0.29, 0.717) is 16.3 Å². The quantitative estimate of drug-likeness (QED) is 0.656. The summed E-state index contributed by atoms with van der Waals surface area (Å²) in [7, 11) is 0. The van der Waals surface area contributed by atoms with Crippen LogP contribution in [0.3, 0.4) is 0 Å². The van der Waals surface area contributed by atoms with Crippen LogP contribution in [0.2, 0.25) is 5.02 Å². The maximum atomic E-state index is 12.7. The van der Waals surface area contributed by atoms with Crippen molar-refractivity contribution in [2.75, 3.05) is 5.32 Å². The predicted molar refractivity (Wildman–Crippen MR) is 106 cm³/mol. The van der Waals surface area contributed by atoms with Crippen LogP contribution < -0.4 is 10.6 Å². The van der Waals surface area contributed by atoms with Crippen LogP contribution in [0.15, 0.2) is 84.8 Å². The SMILES string of the molecule is O=C(Nc1cccc(Cl)c1)/C(=C/c1ccncc1)NC(=O)c1ccccc1. The molecule has 6 heteroatoms. The Hall–Kier alpha value is -3.44. The minimum atomic E-state index is -0.460. The van der Waals surface area contributed by atoms with Gasteiger partial charge in [0, 0.05) is 28.7 Å². The summed E-state index contributed by atoms with van der Waals surface area (Å²) in [5.41, 5.74) is 1.82. The number of nitrogens with one attached hydrogen (secondary N) is 2. The van der Waals surface area contributed by atoms with Gasteiger partial charge in [-0.15, -0.1) is 0 Å². The topological polar surface area (TPSA) is 71.1 Å². The number of halogens is 1. The molecule has 2 aromatic carbocycles. The lowest BCUT2D eigenvalue weighted by molar-refractivity contribution is -0.113. The average molecular weight is 378 g/mol. The van der Waals surface area contributed by atoms with E-state index in [-0.39, 0.29) is 11.6 Å². The second kappa shape index (κ2) is 8.78. The average Bonchev–Trinajstić information content (AvgIpc) is 2.69. The molecule has 3 rings (SSSR count). The number of amides is 2. The fourth-order valence-electron chi connectivity index (χ4n) is 2.33. The molecule has 1 heterocycles. The first kappa shape index (κ1) is 18.4. The molecule has 0 aliphatic carbocycles. The number of rotatable bonds is 5. The van der Waals surface area contributed by atoms with E-state index in [1.807, 2.05) is 6.07 Å². The Labute approximate surface area is 161 Å². The highest BCUT2D eigenvalue weighted by molar-refractivity contribution is 6.31. The maximum Gasteiger partial charge on any atom is 0.272 e. The summed E-state index contributed by atoms with van der Waals surface area (Å²) in [6.07, 6.45) is 4.80. The van der Waals surface area contributed by atoms with Crippen LogP contribution in [-0.4, -0.2) is 16.8 Å². The second-order valence-corrected chi connectivity index (χ2v) is 6.06. The van der Waals surface area contributed by atoms with Crippen molar-refractivity contribution in [3.8, 4) is 0 Å². The molecule has 134 valence electrons. The molecule has 0 atom stereocenters. The summed E-state index contributed by atoms with van der Waals surface area (Å²) in [4.78, 5) is 29.2. The van der Waals surface area contributed by atoms with Gasteiger partial charge in [-0.1, -0.05) is 35.9 Å². The van der Waals surface area contributed by atoms with Crippen molar-refractivity contribution < 1.29 is 9.59 Å². The monoisotopic (exact) mass is 377 g/mol. The zero-order valence-electron chi connectivity index (χ0n) is 14.2. The molecule has 2 amide bonds. The van der Waals surface area contributed by atoms with Gasteiger partial charge in [-0.3, -0.25) is 14.6 Å². The van der Waals surface area contributed by atoms with Crippen LogP contribution in [0.1, 0.15) is 15.9 Å². The Morgan fingerprint density at radius 1 is 0.926 bits per heavy atom. The number of nitrogens with zero attached hydrogens (tertiary/aromatic N) is 1. The summed E-state index contributed by atoms with van der Waals surface area (Å²) < 4.78 is 0. The highest BCUT2D eigenvalue weighted by Gasteiger charge is 2.15. The summed E-state index contributed by atoms with van der Waals surface area (Å²) in [5, 5.41) is 5.91. The molecule has 3 aromatic rings. The van der Waals surface area contributed by atoms with Crippen molar-refractivity contribution >= 4 is 35.2 Å². The zero-order valence-corrected chi connectivity index (χ0v) is 15.0. The van der Waals surface area contributed by atoms with Gasteiger partial charge >= 0.3 is 0 Å². The fraction of sp³-hybridized carbons (Fsp3) is 0. The predicted octanol–water partition coefficient (Wildman–Crippen LogP) is 4.14. The Morgan fingerprint density at radius 2 is 1.67 bits per heavy atom. The summed E-state index contributed by atoms with van der Waals surface area (Å²) in [6, 6.07) is 18.9. The van der Waals surface area contributed by atoms with Crippen LogP contribution in [0, 0.1) is 0 Å². The number of benzene rings is 2. The fourth-order valence-corrected chi connectivity index (χ4v) is 2.52. The van der Waals surface area contributed by atoms with Crippen LogP contribution in [0.5, 0.6) is 0 Å². The van der Waals surface area contributed by atoms with E-state index in [2.05, 4.69) is 15.6 Å². The standard InChI is InChI=1S/C21H16ClN3O2/c22-17-7-4-8-18(14-17)24-21(27)19(13-15-9-11-23-12-10-15)25-20(26)16-5-2-1-3-6-16/h1-14H,(H,24,27)(H,25,26)/b19-13-. The third-order valence-corrected chi connectivity index (χ3v) is 3.86. The van der Waals surface area contributed by atoms with Gasteiger partial charge in [0.25, 0.3) is 11.8 Å². The third kappa shape index (κ3) is 5.26. The largest absolute Gasteiger partial charge is 0.321 e. The first-order chi connectivity index (χ1) is 13.1. The van der Waals surface area contributed by atoms with Crippen LogP contribution >= 0.6 is 11.6 Å². The maximum absolute atomic E-state index is 12.7. The van der Waals surface area contributed by atoms with Crippen molar-refractivity contribution in [1.29, 1.82) is 0 Å². The lowest BCUT2D eigenvalue weighted by Crippen LogP contribution is -2.30. The summed E-state index contributed by atoms with van der Waals surface area (Å²) in [6.45, 7) is 0. The number of pyridine rings is 1. The van der Waals surface area contributed by atoms with Gasteiger partial charge in [-0.2, -0.15) is 0 Å². The minimum absolute atomic E-state index is 0.107. The number of aromatic nitrogens is 1. The molecule has 5 nitrogen and oxygen atoms in total. The van der Waals surface area contributed by atoms with Crippen molar-refractivity contribution in [3.63, 3.8) is 0 Å². The van der Waals surface area contributed by atoms with Crippen molar-refractivity contribution in [1.82, 2.24) is 10.3 Å². The number of carbonyl (C=O) groups is 2. The van der Waals surface area contributed by atoms with Crippen molar-refractivity contribution in [3.05, 3.63) is 101 Å². The van der Waals surface area contributed by atoms with Crippen LogP contribution in [-0.2, 0) is 4.79 Å². The molecule has 0 spiro atoms. The number of hydrogen-bond donors (Lipinski definition) is 2. The molecule has 0 fully saturated rings. The van der Waals surface area contributed by atoms with E-state index in [0.717, 1.165) is 5.56 Å². The summed E-state index contributed by atoms with van der Waals surface area (Å²) in [5.74, 6) is -0.837. The highest BCUT2D eigenvalue weighted by Crippen LogP contribution is 2.16. The van der Waals surface area contributed by atoms with Crippen molar-refractivity contribution in [2.45, 2.75) is 0 Å².